The number of rotatable bonds is 3. The number of hydrogen-bond donors (Lipinski definition) is 1. The molecule has 1 aliphatic carbocycles. The summed E-state index contributed by atoms with van der Waals surface area (Å²) < 4.78 is 11.8. The quantitative estimate of drug-likeness (QED) is 0.663. The van der Waals surface area contributed by atoms with Crippen molar-refractivity contribution in [3.63, 3.8) is 0 Å². The van der Waals surface area contributed by atoms with E-state index in [9.17, 15) is 4.79 Å². The highest BCUT2D eigenvalue weighted by Gasteiger charge is 2.32. The number of carbonyl (C=O) groups excluding carboxylic acids is 1. The van der Waals surface area contributed by atoms with Crippen molar-refractivity contribution in [1.82, 2.24) is 9.97 Å². The van der Waals surface area contributed by atoms with Gasteiger partial charge in [0.15, 0.2) is 0 Å². The van der Waals surface area contributed by atoms with Crippen molar-refractivity contribution in [3.8, 4) is 5.88 Å². The number of aromatic amines is 1. The van der Waals surface area contributed by atoms with E-state index < -0.39 is 11.7 Å². The zero-order chi connectivity index (χ0) is 24.6. The van der Waals surface area contributed by atoms with E-state index in [4.69, 9.17) is 21.1 Å². The predicted molar refractivity (Wildman–Crippen MR) is 135 cm³/mol. The van der Waals surface area contributed by atoms with E-state index >= 15 is 0 Å². The molecule has 4 heterocycles. The Labute approximate surface area is 209 Å². The fourth-order valence-corrected chi connectivity index (χ4v) is 5.02. The minimum absolute atomic E-state index is 0.141. The van der Waals surface area contributed by atoms with Gasteiger partial charge in [-0.05, 0) is 64.7 Å². The molecular formula is C26H30ClN5O3. The van der Waals surface area contributed by atoms with Gasteiger partial charge in [-0.1, -0.05) is 17.7 Å². The molecule has 0 radical (unpaired) electrons. The summed E-state index contributed by atoms with van der Waals surface area (Å²) in [5.41, 5.74) is 2.06. The van der Waals surface area contributed by atoms with Crippen LogP contribution in [0.25, 0.3) is 11.8 Å². The Morgan fingerprint density at radius 3 is 2.71 bits per heavy atom. The van der Waals surface area contributed by atoms with Crippen molar-refractivity contribution in [2.75, 3.05) is 11.4 Å². The monoisotopic (exact) mass is 495 g/mol. The number of nitrogens with one attached hydrogen (secondary N) is 1. The molecule has 0 atom stereocenters. The minimum atomic E-state index is -0.607. The van der Waals surface area contributed by atoms with Gasteiger partial charge in [-0.2, -0.15) is 10.2 Å². The van der Waals surface area contributed by atoms with Gasteiger partial charge < -0.3 is 14.5 Å². The zero-order valence-corrected chi connectivity index (χ0v) is 21.0. The van der Waals surface area contributed by atoms with Gasteiger partial charge in [-0.3, -0.25) is 4.90 Å². The van der Waals surface area contributed by atoms with Crippen LogP contribution in [0, 0.1) is 5.92 Å². The van der Waals surface area contributed by atoms with Gasteiger partial charge in [-0.15, -0.1) is 0 Å². The van der Waals surface area contributed by atoms with E-state index in [1.165, 1.54) is 0 Å². The lowest BCUT2D eigenvalue weighted by Gasteiger charge is -2.29. The molecule has 3 aliphatic rings. The van der Waals surface area contributed by atoms with Crippen LogP contribution in [0.1, 0.15) is 52.0 Å². The van der Waals surface area contributed by atoms with E-state index in [2.05, 4.69) is 20.2 Å². The fourth-order valence-electron chi connectivity index (χ4n) is 4.84. The third kappa shape index (κ3) is 5.12. The number of H-pyrrole nitrogens is 1. The lowest BCUT2D eigenvalue weighted by Crippen LogP contribution is -2.39. The van der Waals surface area contributed by atoms with E-state index in [1.54, 1.807) is 11.1 Å². The summed E-state index contributed by atoms with van der Waals surface area (Å²) in [6.07, 6.45) is 8.86. The van der Waals surface area contributed by atoms with Gasteiger partial charge >= 0.3 is 6.09 Å². The van der Waals surface area contributed by atoms with Gasteiger partial charge in [0.25, 0.3) is 0 Å². The number of fused-ring (bicyclic) bond motifs is 3. The second kappa shape index (κ2) is 9.49. The molecule has 0 saturated heterocycles. The fraction of sp³-hybridized carbons (Fsp3) is 0.462. The van der Waals surface area contributed by atoms with Crippen LogP contribution in [0.15, 0.2) is 45.7 Å². The highest BCUT2D eigenvalue weighted by molar-refractivity contribution is 6.34. The Balaban J connectivity index is 1.45. The first-order chi connectivity index (χ1) is 16.8. The average Bonchev–Trinajstić information content (AvgIpc) is 3.08. The molecule has 184 valence electrons. The molecule has 2 aromatic heterocycles. The maximum atomic E-state index is 13.1. The molecule has 0 spiro atoms. The number of aromatic nitrogens is 2. The SMILES string of the molecule is CC(C)(C)OC(=O)N1CC=C(Cl)C=c2[nH]c3c(c21)CN=NC=3[C@H]1CC[C@H](Oc2ccccn2)CC1. The normalized spacial score (nSPS) is 21.9. The van der Waals surface area contributed by atoms with Crippen molar-refractivity contribution in [3.05, 3.63) is 51.8 Å². The first-order valence-electron chi connectivity index (χ1n) is 12.1. The van der Waals surface area contributed by atoms with Crippen LogP contribution in [0.4, 0.5) is 10.5 Å². The second-order valence-corrected chi connectivity index (χ2v) is 10.5. The number of halogens is 1. The Morgan fingerprint density at radius 2 is 2.00 bits per heavy atom. The number of anilines is 1. The van der Waals surface area contributed by atoms with Crippen LogP contribution in [-0.2, 0) is 11.3 Å². The van der Waals surface area contributed by atoms with Crippen molar-refractivity contribution < 1.29 is 14.3 Å². The molecule has 0 aromatic carbocycles. The Bertz CT molecular complexity index is 1280. The van der Waals surface area contributed by atoms with Gasteiger partial charge in [0.1, 0.15) is 11.7 Å². The second-order valence-electron chi connectivity index (χ2n) is 10.1. The Kier molecular flexibility index (Phi) is 6.40. The van der Waals surface area contributed by atoms with E-state index in [1.807, 2.05) is 51.1 Å². The van der Waals surface area contributed by atoms with Crippen LogP contribution >= 0.6 is 11.6 Å². The summed E-state index contributed by atoms with van der Waals surface area (Å²) in [5.74, 6) is 0.920. The van der Waals surface area contributed by atoms with E-state index in [0.29, 0.717) is 24.0 Å². The molecule has 1 fully saturated rings. The zero-order valence-electron chi connectivity index (χ0n) is 20.3. The third-order valence-electron chi connectivity index (χ3n) is 6.39. The molecule has 35 heavy (non-hydrogen) atoms. The number of ether oxygens (including phenoxy) is 2. The summed E-state index contributed by atoms with van der Waals surface area (Å²) in [6, 6.07) is 5.71. The molecule has 0 bridgehead atoms. The molecule has 9 heteroatoms. The Morgan fingerprint density at radius 1 is 1.20 bits per heavy atom. The maximum Gasteiger partial charge on any atom is 0.415 e. The van der Waals surface area contributed by atoms with Crippen molar-refractivity contribution in [1.29, 1.82) is 0 Å². The summed E-state index contributed by atoms with van der Waals surface area (Å²) in [5, 5.41) is 11.3. The van der Waals surface area contributed by atoms with Crippen molar-refractivity contribution in [2.24, 2.45) is 16.1 Å². The first kappa shape index (κ1) is 23.6. The van der Waals surface area contributed by atoms with Gasteiger partial charge in [-0.25, -0.2) is 9.78 Å². The van der Waals surface area contributed by atoms with E-state index in [-0.39, 0.29) is 12.0 Å². The number of carbonyl (C=O) groups is 1. The van der Waals surface area contributed by atoms with Gasteiger partial charge in [0, 0.05) is 35.3 Å². The minimum Gasteiger partial charge on any atom is -0.474 e. The van der Waals surface area contributed by atoms with E-state index in [0.717, 1.165) is 53.3 Å². The number of hydrogen-bond acceptors (Lipinski definition) is 6. The first-order valence-corrected chi connectivity index (χ1v) is 12.4. The van der Waals surface area contributed by atoms with Crippen LogP contribution in [0.2, 0.25) is 0 Å². The molecule has 8 nitrogen and oxygen atoms in total. The summed E-state index contributed by atoms with van der Waals surface area (Å²) in [7, 11) is 0. The molecule has 0 unspecified atom stereocenters. The Hall–Kier alpha value is -3.13. The van der Waals surface area contributed by atoms with Crippen LogP contribution in [-0.4, -0.2) is 34.3 Å². The van der Waals surface area contributed by atoms with Gasteiger partial charge in [0.2, 0.25) is 5.88 Å². The molecule has 1 N–H and O–H groups in total. The van der Waals surface area contributed by atoms with Crippen LogP contribution in [0.3, 0.4) is 0 Å². The maximum absolute atomic E-state index is 13.1. The van der Waals surface area contributed by atoms with Crippen molar-refractivity contribution >= 4 is 35.2 Å². The van der Waals surface area contributed by atoms with Crippen molar-refractivity contribution in [2.45, 2.75) is 64.7 Å². The summed E-state index contributed by atoms with van der Waals surface area (Å²) >= 11 is 6.42. The molecule has 2 aromatic rings. The summed E-state index contributed by atoms with van der Waals surface area (Å²) in [4.78, 5) is 22.5. The van der Waals surface area contributed by atoms with Crippen LogP contribution < -0.4 is 20.3 Å². The average molecular weight is 496 g/mol. The lowest BCUT2D eigenvalue weighted by atomic mass is 9.84. The molecule has 5 rings (SSSR count). The van der Waals surface area contributed by atoms with Gasteiger partial charge in [0.05, 0.1) is 28.6 Å². The highest BCUT2D eigenvalue weighted by Crippen LogP contribution is 2.34. The standard InChI is InChI=1S/C26H30ClN5O3/c1-26(2,3)35-25(33)32-13-11-17(27)14-20-24(32)19-15-29-31-22(23(19)30-20)16-7-9-18(10-8-16)34-21-6-4-5-12-28-21/h4-6,11-12,14,16,18,30H,7-10,13,15H2,1-3H3/t16-,18-. The topological polar surface area (TPSA) is 92.2 Å². The van der Waals surface area contributed by atoms with Crippen LogP contribution in [0.5, 0.6) is 5.88 Å². The molecular weight excluding hydrogens is 466 g/mol. The smallest absolute Gasteiger partial charge is 0.415 e. The largest absolute Gasteiger partial charge is 0.474 e. The lowest BCUT2D eigenvalue weighted by molar-refractivity contribution is 0.0584. The molecule has 1 saturated carbocycles. The number of allylic oxidation sites excluding steroid dienone is 1. The number of pyridine rings is 1. The predicted octanol–water partition coefficient (Wildman–Crippen LogP) is 4.78. The highest BCUT2D eigenvalue weighted by atomic mass is 35.5. The third-order valence-corrected chi connectivity index (χ3v) is 6.65. The molecule has 1 amide bonds. The molecule has 2 aliphatic heterocycles. The number of azo groups is 1. The number of nitrogens with zero attached hydrogens (tertiary/aromatic N) is 4. The number of amides is 1. The summed E-state index contributed by atoms with van der Waals surface area (Å²) in [6.45, 7) is 6.30.